The first-order chi connectivity index (χ1) is 6.69. The molecule has 1 rings (SSSR count). The monoisotopic (exact) mass is 196 g/mol. The number of rotatable bonds is 2. The SMILES string of the molecule is NOC(=O)c1cccc(C(=O)ON)c1. The van der Waals surface area contributed by atoms with E-state index in [2.05, 4.69) is 21.5 Å². The van der Waals surface area contributed by atoms with Crippen molar-refractivity contribution in [3.05, 3.63) is 35.4 Å². The predicted octanol–water partition coefficient (Wildman–Crippen LogP) is -0.252. The van der Waals surface area contributed by atoms with Crippen LogP contribution in [0.15, 0.2) is 24.3 Å². The lowest BCUT2D eigenvalue weighted by Crippen LogP contribution is -2.13. The Kier molecular flexibility index (Phi) is 3.16. The Hall–Kier alpha value is -1.92. The normalized spacial score (nSPS) is 9.29. The average molecular weight is 196 g/mol. The number of carbonyl (C=O) groups is 2. The van der Waals surface area contributed by atoms with Gasteiger partial charge in [0, 0.05) is 0 Å². The molecule has 0 spiro atoms. The van der Waals surface area contributed by atoms with Gasteiger partial charge < -0.3 is 9.68 Å². The van der Waals surface area contributed by atoms with Crippen LogP contribution >= 0.6 is 0 Å². The van der Waals surface area contributed by atoms with Crippen LogP contribution < -0.4 is 11.8 Å². The molecular formula is C8H8N2O4. The van der Waals surface area contributed by atoms with E-state index >= 15 is 0 Å². The standard InChI is InChI=1S/C8H8N2O4/c9-13-7(11)5-2-1-3-6(4-5)8(12)14-10/h1-4H,9-10H2. The molecule has 6 heteroatoms. The van der Waals surface area contributed by atoms with Crippen LogP contribution in [0.3, 0.4) is 0 Å². The lowest BCUT2D eigenvalue weighted by atomic mass is 10.1. The average Bonchev–Trinajstić information content (AvgIpc) is 2.27. The van der Waals surface area contributed by atoms with Gasteiger partial charge >= 0.3 is 11.9 Å². The Labute approximate surface area is 79.3 Å². The van der Waals surface area contributed by atoms with Crippen LogP contribution in [0.25, 0.3) is 0 Å². The highest BCUT2D eigenvalue weighted by molar-refractivity contribution is 5.95. The van der Waals surface area contributed by atoms with Crippen molar-refractivity contribution in [1.82, 2.24) is 0 Å². The highest BCUT2D eigenvalue weighted by Gasteiger charge is 2.10. The van der Waals surface area contributed by atoms with Crippen molar-refractivity contribution < 1.29 is 19.3 Å². The van der Waals surface area contributed by atoms with E-state index in [1.54, 1.807) is 0 Å². The Balaban J connectivity index is 3.01. The Morgan fingerprint density at radius 1 is 1.00 bits per heavy atom. The lowest BCUT2D eigenvalue weighted by Gasteiger charge is -2.00. The van der Waals surface area contributed by atoms with Crippen molar-refractivity contribution in [2.24, 2.45) is 11.8 Å². The topological polar surface area (TPSA) is 105 Å². The van der Waals surface area contributed by atoms with Crippen molar-refractivity contribution >= 4 is 11.9 Å². The number of hydrogen-bond acceptors (Lipinski definition) is 6. The van der Waals surface area contributed by atoms with E-state index in [1.807, 2.05) is 0 Å². The van der Waals surface area contributed by atoms with E-state index in [-0.39, 0.29) is 11.1 Å². The summed E-state index contributed by atoms with van der Waals surface area (Å²) in [4.78, 5) is 29.9. The molecule has 1 aromatic carbocycles. The molecule has 14 heavy (non-hydrogen) atoms. The highest BCUT2D eigenvalue weighted by Crippen LogP contribution is 2.06. The molecule has 0 saturated carbocycles. The third-order valence-corrected chi connectivity index (χ3v) is 1.55. The molecule has 0 aliphatic rings. The van der Waals surface area contributed by atoms with Crippen LogP contribution in [0.1, 0.15) is 20.7 Å². The zero-order valence-electron chi connectivity index (χ0n) is 7.10. The molecule has 0 unspecified atom stereocenters. The van der Waals surface area contributed by atoms with E-state index in [9.17, 15) is 9.59 Å². The van der Waals surface area contributed by atoms with Crippen LogP contribution in [0.4, 0.5) is 0 Å². The van der Waals surface area contributed by atoms with Gasteiger partial charge in [0.1, 0.15) is 0 Å². The summed E-state index contributed by atoms with van der Waals surface area (Å²) in [7, 11) is 0. The Morgan fingerprint density at radius 2 is 1.43 bits per heavy atom. The van der Waals surface area contributed by atoms with E-state index < -0.39 is 11.9 Å². The summed E-state index contributed by atoms with van der Waals surface area (Å²) < 4.78 is 0. The van der Waals surface area contributed by atoms with Crippen molar-refractivity contribution in [2.45, 2.75) is 0 Å². The second-order valence-electron chi connectivity index (χ2n) is 2.39. The third-order valence-electron chi connectivity index (χ3n) is 1.55. The number of nitrogens with two attached hydrogens (primary N) is 2. The summed E-state index contributed by atoms with van der Waals surface area (Å²) in [5, 5.41) is 0. The molecule has 0 radical (unpaired) electrons. The molecule has 6 nitrogen and oxygen atoms in total. The van der Waals surface area contributed by atoms with E-state index in [0.29, 0.717) is 0 Å². The summed E-state index contributed by atoms with van der Waals surface area (Å²) >= 11 is 0. The molecule has 0 fully saturated rings. The van der Waals surface area contributed by atoms with Crippen LogP contribution in [0, 0.1) is 0 Å². The van der Waals surface area contributed by atoms with Crippen molar-refractivity contribution in [3.63, 3.8) is 0 Å². The molecule has 0 heterocycles. The van der Waals surface area contributed by atoms with Crippen molar-refractivity contribution in [1.29, 1.82) is 0 Å². The van der Waals surface area contributed by atoms with Gasteiger partial charge in [-0.2, -0.15) is 11.8 Å². The first kappa shape index (κ1) is 10.2. The zero-order valence-corrected chi connectivity index (χ0v) is 7.10. The summed E-state index contributed by atoms with van der Waals surface area (Å²) in [5.74, 6) is 7.87. The molecule has 0 saturated heterocycles. The molecule has 0 aromatic heterocycles. The highest BCUT2D eigenvalue weighted by atomic mass is 16.7. The van der Waals surface area contributed by atoms with Gasteiger partial charge in [-0.25, -0.2) is 9.59 Å². The number of carbonyl (C=O) groups excluding carboxylic acids is 2. The fourth-order valence-corrected chi connectivity index (χ4v) is 0.909. The Bertz CT molecular complexity index is 333. The quantitative estimate of drug-likeness (QED) is 0.632. The summed E-state index contributed by atoms with van der Waals surface area (Å²) in [6, 6.07) is 5.65. The molecule has 0 atom stereocenters. The van der Waals surface area contributed by atoms with E-state index in [0.717, 1.165) is 0 Å². The molecular weight excluding hydrogens is 188 g/mol. The molecule has 0 bridgehead atoms. The van der Waals surface area contributed by atoms with Crippen LogP contribution in [0.2, 0.25) is 0 Å². The van der Waals surface area contributed by atoms with Crippen LogP contribution in [0.5, 0.6) is 0 Å². The smallest absolute Gasteiger partial charge is 0.356 e. The first-order valence-electron chi connectivity index (χ1n) is 3.61. The predicted molar refractivity (Wildman–Crippen MR) is 45.6 cm³/mol. The minimum atomic E-state index is -0.739. The summed E-state index contributed by atoms with van der Waals surface area (Å²) in [6.07, 6.45) is 0. The van der Waals surface area contributed by atoms with Gasteiger partial charge in [-0.3, -0.25) is 0 Å². The number of benzene rings is 1. The van der Waals surface area contributed by atoms with Crippen LogP contribution in [-0.4, -0.2) is 11.9 Å². The van der Waals surface area contributed by atoms with Gasteiger partial charge in [0.15, 0.2) is 0 Å². The first-order valence-corrected chi connectivity index (χ1v) is 3.61. The fraction of sp³-hybridized carbons (Fsp3) is 0. The van der Waals surface area contributed by atoms with Crippen LogP contribution in [-0.2, 0) is 9.68 Å². The largest absolute Gasteiger partial charge is 0.370 e. The lowest BCUT2D eigenvalue weighted by molar-refractivity contribution is 0.0501. The minimum Gasteiger partial charge on any atom is -0.370 e. The van der Waals surface area contributed by atoms with Gasteiger partial charge in [0.05, 0.1) is 11.1 Å². The van der Waals surface area contributed by atoms with Gasteiger partial charge in [-0.15, -0.1) is 0 Å². The van der Waals surface area contributed by atoms with Gasteiger partial charge in [0.2, 0.25) is 0 Å². The van der Waals surface area contributed by atoms with Gasteiger partial charge in [-0.1, -0.05) is 6.07 Å². The maximum absolute atomic E-state index is 10.9. The van der Waals surface area contributed by atoms with Gasteiger partial charge in [0.25, 0.3) is 0 Å². The molecule has 74 valence electrons. The van der Waals surface area contributed by atoms with Gasteiger partial charge in [-0.05, 0) is 18.2 Å². The minimum absolute atomic E-state index is 0.149. The summed E-state index contributed by atoms with van der Waals surface area (Å²) in [6.45, 7) is 0. The summed E-state index contributed by atoms with van der Waals surface area (Å²) in [5.41, 5.74) is 0.297. The maximum Gasteiger partial charge on any atom is 0.356 e. The third kappa shape index (κ3) is 2.06. The Morgan fingerprint density at radius 3 is 1.79 bits per heavy atom. The van der Waals surface area contributed by atoms with Crippen molar-refractivity contribution in [3.8, 4) is 0 Å². The second kappa shape index (κ2) is 4.35. The maximum atomic E-state index is 10.9. The molecule has 4 N–H and O–H groups in total. The molecule has 0 amide bonds. The fourth-order valence-electron chi connectivity index (χ4n) is 0.909. The molecule has 0 aliphatic carbocycles. The van der Waals surface area contributed by atoms with E-state index in [1.165, 1.54) is 24.3 Å². The second-order valence-corrected chi connectivity index (χ2v) is 2.39. The molecule has 1 aromatic rings. The zero-order chi connectivity index (χ0) is 10.6. The number of hydrogen-bond donors (Lipinski definition) is 2. The van der Waals surface area contributed by atoms with Crippen molar-refractivity contribution in [2.75, 3.05) is 0 Å². The molecule has 0 aliphatic heterocycles. The van der Waals surface area contributed by atoms with E-state index in [4.69, 9.17) is 0 Å².